The molecule has 0 fully saturated rings. The molecule has 6 heteroatoms. The molecule has 0 spiro atoms. The fourth-order valence-corrected chi connectivity index (χ4v) is 2.84. The number of unbranched alkanes of at least 4 members (excludes halogenated alkanes) is 3. The van der Waals surface area contributed by atoms with Crippen molar-refractivity contribution in [1.82, 2.24) is 4.90 Å². The van der Waals surface area contributed by atoms with Crippen LogP contribution in [0.15, 0.2) is 24.3 Å². The largest absolute Gasteiger partial charge is 0.460 e. The first-order valence-electron chi connectivity index (χ1n) is 9.21. The minimum Gasteiger partial charge on any atom is -0.460 e. The number of nitrogens with zero attached hydrogens (tertiary/aromatic N) is 2. The highest BCUT2D eigenvalue weighted by molar-refractivity contribution is 6.21. The molecule has 0 N–H and O–H groups in total. The lowest BCUT2D eigenvalue weighted by Crippen LogP contribution is -2.38. The maximum atomic E-state index is 12.2. The molecule has 0 saturated heterocycles. The van der Waals surface area contributed by atoms with Crippen LogP contribution in [0.3, 0.4) is 0 Å². The van der Waals surface area contributed by atoms with Crippen LogP contribution >= 0.6 is 0 Å². The van der Waals surface area contributed by atoms with Crippen molar-refractivity contribution in [2.24, 2.45) is 0 Å². The summed E-state index contributed by atoms with van der Waals surface area (Å²) >= 11 is 0. The number of likely N-dealkylation sites (N-methyl/N-ethyl adjacent to an activating group) is 1. The van der Waals surface area contributed by atoms with Crippen LogP contribution in [0.4, 0.5) is 0 Å². The second kappa shape index (κ2) is 8.94. The van der Waals surface area contributed by atoms with E-state index in [9.17, 15) is 14.4 Å². The molecule has 1 aliphatic rings. The van der Waals surface area contributed by atoms with E-state index in [1.54, 1.807) is 24.3 Å². The van der Waals surface area contributed by atoms with E-state index in [-0.39, 0.29) is 17.8 Å². The first-order valence-corrected chi connectivity index (χ1v) is 9.21. The molecule has 6 nitrogen and oxygen atoms in total. The molecule has 0 radical (unpaired) electrons. The van der Waals surface area contributed by atoms with E-state index in [1.165, 1.54) is 4.90 Å². The average Bonchev–Trinajstić information content (AvgIpc) is 2.82. The number of hydrogen-bond acceptors (Lipinski definition) is 4. The Bertz CT molecular complexity index is 629. The van der Waals surface area contributed by atoms with Gasteiger partial charge in [-0.2, -0.15) is 0 Å². The third-order valence-electron chi connectivity index (χ3n) is 4.42. The van der Waals surface area contributed by atoms with Crippen molar-refractivity contribution in [3.05, 3.63) is 35.4 Å². The lowest BCUT2D eigenvalue weighted by molar-refractivity contribution is -0.870. The van der Waals surface area contributed by atoms with E-state index in [0.717, 1.165) is 36.7 Å². The summed E-state index contributed by atoms with van der Waals surface area (Å²) in [5.41, 5.74) is 0.989. The number of benzene rings is 1. The van der Waals surface area contributed by atoms with E-state index in [2.05, 4.69) is 21.1 Å². The minimum atomic E-state index is -0.202. The van der Waals surface area contributed by atoms with E-state index >= 15 is 0 Å². The molecule has 1 aromatic carbocycles. The standard InChI is InChI=1S/C20H29N2O4/c1-22(2,3)14-15-26-18(23)12-6-4-5-9-13-21-19(24)16-10-7-8-11-17(16)20(21)25/h7-8,10-11H,4-6,9,12-15H2,1-3H3/q+1. The van der Waals surface area contributed by atoms with Gasteiger partial charge < -0.3 is 9.22 Å². The van der Waals surface area contributed by atoms with Gasteiger partial charge in [0.05, 0.1) is 32.3 Å². The quantitative estimate of drug-likeness (QED) is 0.278. The summed E-state index contributed by atoms with van der Waals surface area (Å²) in [6.45, 7) is 1.67. The molecule has 142 valence electrons. The number of amides is 2. The van der Waals surface area contributed by atoms with Gasteiger partial charge in [0.1, 0.15) is 13.2 Å². The van der Waals surface area contributed by atoms with Gasteiger partial charge >= 0.3 is 5.97 Å². The summed E-state index contributed by atoms with van der Waals surface area (Å²) in [5.74, 6) is -0.559. The molecule has 0 aromatic heterocycles. The molecule has 0 atom stereocenters. The van der Waals surface area contributed by atoms with E-state index in [1.807, 2.05) is 0 Å². The smallest absolute Gasteiger partial charge is 0.305 e. The number of hydrogen-bond donors (Lipinski definition) is 0. The lowest BCUT2D eigenvalue weighted by Gasteiger charge is -2.23. The van der Waals surface area contributed by atoms with Crippen molar-refractivity contribution in [1.29, 1.82) is 0 Å². The van der Waals surface area contributed by atoms with Gasteiger partial charge in [0, 0.05) is 13.0 Å². The molecule has 2 rings (SSSR count). The molecule has 0 bridgehead atoms. The fraction of sp³-hybridized carbons (Fsp3) is 0.550. The molecule has 1 aromatic rings. The number of rotatable bonds is 10. The summed E-state index contributed by atoms with van der Waals surface area (Å²) in [7, 11) is 6.17. The monoisotopic (exact) mass is 361 g/mol. The Morgan fingerprint density at radius 1 is 0.962 bits per heavy atom. The third kappa shape index (κ3) is 5.66. The number of ether oxygens (including phenoxy) is 1. The first-order chi connectivity index (χ1) is 12.3. The zero-order valence-corrected chi connectivity index (χ0v) is 16.0. The Morgan fingerprint density at radius 3 is 2.12 bits per heavy atom. The summed E-state index contributed by atoms with van der Waals surface area (Å²) in [5, 5.41) is 0. The summed E-state index contributed by atoms with van der Waals surface area (Å²) in [4.78, 5) is 37.4. The topological polar surface area (TPSA) is 63.7 Å². The molecule has 26 heavy (non-hydrogen) atoms. The van der Waals surface area contributed by atoms with Crippen LogP contribution in [0, 0.1) is 0 Å². The van der Waals surface area contributed by atoms with Crippen LogP contribution in [-0.4, -0.2) is 68.0 Å². The van der Waals surface area contributed by atoms with Gasteiger partial charge in [-0.3, -0.25) is 19.3 Å². The Balaban J connectivity index is 1.58. The van der Waals surface area contributed by atoms with Gasteiger partial charge in [-0.15, -0.1) is 0 Å². The van der Waals surface area contributed by atoms with Crippen LogP contribution in [0.5, 0.6) is 0 Å². The van der Waals surface area contributed by atoms with Crippen LogP contribution < -0.4 is 0 Å². The Morgan fingerprint density at radius 2 is 1.54 bits per heavy atom. The molecule has 2 amide bonds. The van der Waals surface area contributed by atoms with Gasteiger partial charge in [-0.05, 0) is 25.0 Å². The molecular formula is C20H29N2O4+. The number of fused-ring (bicyclic) bond motifs is 1. The van der Waals surface area contributed by atoms with Gasteiger partial charge in [0.15, 0.2) is 0 Å². The number of carbonyl (C=O) groups excluding carboxylic acids is 3. The maximum Gasteiger partial charge on any atom is 0.305 e. The van der Waals surface area contributed by atoms with Crippen molar-refractivity contribution in [2.75, 3.05) is 40.8 Å². The van der Waals surface area contributed by atoms with E-state index in [0.29, 0.717) is 30.7 Å². The molecule has 0 aliphatic carbocycles. The molecule has 0 saturated carbocycles. The van der Waals surface area contributed by atoms with Crippen LogP contribution in [0.1, 0.15) is 52.8 Å². The van der Waals surface area contributed by atoms with Gasteiger partial charge in [0.2, 0.25) is 0 Å². The van der Waals surface area contributed by atoms with Crippen molar-refractivity contribution < 1.29 is 23.6 Å². The van der Waals surface area contributed by atoms with Crippen molar-refractivity contribution >= 4 is 17.8 Å². The molecule has 1 heterocycles. The van der Waals surface area contributed by atoms with Crippen LogP contribution in [0.2, 0.25) is 0 Å². The fourth-order valence-electron chi connectivity index (χ4n) is 2.84. The Hall–Kier alpha value is -2.21. The number of esters is 1. The van der Waals surface area contributed by atoms with Crippen molar-refractivity contribution in [2.45, 2.75) is 32.1 Å². The van der Waals surface area contributed by atoms with Gasteiger partial charge in [0.25, 0.3) is 11.8 Å². The SMILES string of the molecule is C[N+](C)(C)CCOC(=O)CCCCCCN1C(=O)c2ccccc2C1=O. The Labute approximate surface area is 155 Å². The van der Waals surface area contributed by atoms with Crippen molar-refractivity contribution in [3.63, 3.8) is 0 Å². The molecule has 0 unspecified atom stereocenters. The van der Waals surface area contributed by atoms with E-state index < -0.39 is 0 Å². The zero-order chi connectivity index (χ0) is 19.2. The average molecular weight is 361 g/mol. The third-order valence-corrected chi connectivity index (χ3v) is 4.42. The molecular weight excluding hydrogens is 332 g/mol. The predicted octanol–water partition coefficient (Wildman–Crippen LogP) is 2.48. The van der Waals surface area contributed by atoms with E-state index in [4.69, 9.17) is 4.74 Å². The lowest BCUT2D eigenvalue weighted by atomic mass is 10.1. The highest BCUT2D eigenvalue weighted by Crippen LogP contribution is 2.22. The van der Waals surface area contributed by atoms with Gasteiger partial charge in [-0.25, -0.2) is 0 Å². The molecule has 1 aliphatic heterocycles. The van der Waals surface area contributed by atoms with Crippen molar-refractivity contribution in [3.8, 4) is 0 Å². The van der Waals surface area contributed by atoms with Crippen LogP contribution in [0.25, 0.3) is 0 Å². The normalized spacial score (nSPS) is 13.9. The maximum absolute atomic E-state index is 12.2. The highest BCUT2D eigenvalue weighted by atomic mass is 16.5. The second-order valence-corrected chi connectivity index (χ2v) is 7.71. The summed E-state index contributed by atoms with van der Waals surface area (Å²) in [6.07, 6.45) is 3.70. The second-order valence-electron chi connectivity index (χ2n) is 7.71. The highest BCUT2D eigenvalue weighted by Gasteiger charge is 2.34. The van der Waals surface area contributed by atoms with Crippen LogP contribution in [-0.2, 0) is 9.53 Å². The zero-order valence-electron chi connectivity index (χ0n) is 16.0. The summed E-state index contributed by atoms with van der Waals surface area (Å²) < 4.78 is 5.99. The first kappa shape index (κ1) is 20.1. The number of quaternary nitrogens is 1. The minimum absolute atomic E-state index is 0.154. The number of carbonyl (C=O) groups is 3. The number of imide groups is 1. The predicted molar refractivity (Wildman–Crippen MR) is 98.8 cm³/mol. The Kier molecular flexibility index (Phi) is 6.91. The summed E-state index contributed by atoms with van der Waals surface area (Å²) in [6, 6.07) is 6.93. The van der Waals surface area contributed by atoms with Gasteiger partial charge in [-0.1, -0.05) is 25.0 Å².